The maximum atomic E-state index is 14.1. The Balaban J connectivity index is 1.95. The highest BCUT2D eigenvalue weighted by Gasteiger charge is 2.63. The number of ketones is 2. The van der Waals surface area contributed by atoms with Crippen LogP contribution in [0, 0.1) is 0 Å². The lowest BCUT2D eigenvalue weighted by molar-refractivity contribution is -0.299. The minimum absolute atomic E-state index is 0.00460. The van der Waals surface area contributed by atoms with E-state index in [2.05, 4.69) is 0 Å². The van der Waals surface area contributed by atoms with Gasteiger partial charge in [-0.25, -0.2) is 4.79 Å². The number of esters is 1. The summed E-state index contributed by atoms with van der Waals surface area (Å²) in [5.74, 6) is -3.20. The normalized spacial score (nSPS) is 24.1. The van der Waals surface area contributed by atoms with E-state index in [0.29, 0.717) is 0 Å². The average molecular weight is 492 g/mol. The van der Waals surface area contributed by atoms with Crippen LogP contribution in [0.2, 0.25) is 0 Å². The van der Waals surface area contributed by atoms with Gasteiger partial charge in [-0.05, 0) is 12.1 Å². The van der Waals surface area contributed by atoms with E-state index in [4.69, 9.17) is 9.47 Å². The first-order valence-corrected chi connectivity index (χ1v) is 11.1. The van der Waals surface area contributed by atoms with Crippen molar-refractivity contribution in [3.63, 3.8) is 0 Å². The number of ether oxygens (including phenoxy) is 2. The van der Waals surface area contributed by atoms with Crippen LogP contribution in [0.25, 0.3) is 0 Å². The molecule has 3 aromatic carbocycles. The van der Waals surface area contributed by atoms with Crippen LogP contribution in [0.3, 0.4) is 0 Å². The number of carbonyl (C=O) groups is 3. The van der Waals surface area contributed by atoms with E-state index in [9.17, 15) is 34.8 Å². The van der Waals surface area contributed by atoms with E-state index in [0.717, 1.165) is 0 Å². The molecule has 1 saturated heterocycles. The second kappa shape index (κ2) is 10.5. The minimum atomic E-state index is -2.89. The second-order valence-electron chi connectivity index (χ2n) is 8.30. The molecule has 0 bridgehead atoms. The standard InChI is InChI=1S/C27H24O9/c28-19-20(29)24(35-26(34)21(19)30)27(22(31)16-10-4-1-5-11-16,23(32)17-12-6-2-7-13-17)36-25(33)18-14-8-3-9-15-18/h1-15,19-21,24,26,28-30,34H/t19-,20+,21+,24-,26-/m0/s1. The minimum Gasteiger partial charge on any atom is -0.435 e. The Labute approximate surface area is 206 Å². The van der Waals surface area contributed by atoms with E-state index < -0.39 is 53.8 Å². The molecular formula is C27H24O9. The number of hydrogen-bond donors (Lipinski definition) is 4. The highest BCUT2D eigenvalue weighted by atomic mass is 16.7. The van der Waals surface area contributed by atoms with Crippen molar-refractivity contribution >= 4 is 17.5 Å². The van der Waals surface area contributed by atoms with Gasteiger partial charge in [0.15, 0.2) is 6.29 Å². The van der Waals surface area contributed by atoms with Crippen LogP contribution in [0.15, 0.2) is 91.0 Å². The molecule has 1 aliphatic rings. The lowest BCUT2D eigenvalue weighted by Crippen LogP contribution is -2.70. The van der Waals surface area contributed by atoms with Gasteiger partial charge in [-0.3, -0.25) is 9.59 Å². The van der Waals surface area contributed by atoms with E-state index in [1.165, 1.54) is 60.7 Å². The molecule has 9 heteroatoms. The molecule has 0 spiro atoms. The third kappa shape index (κ3) is 4.58. The Hall–Kier alpha value is -3.73. The molecule has 9 nitrogen and oxygen atoms in total. The first-order valence-electron chi connectivity index (χ1n) is 11.1. The van der Waals surface area contributed by atoms with Crippen molar-refractivity contribution in [1.29, 1.82) is 0 Å². The SMILES string of the molecule is O=C(OC(C(=O)c1ccccc1)(C(=O)c1ccccc1)[C@H]1O[C@H](O)[C@H](O)[C@@H](O)[C@H]1O)c1ccccc1. The molecule has 36 heavy (non-hydrogen) atoms. The number of aliphatic hydroxyl groups excluding tert-OH is 4. The van der Waals surface area contributed by atoms with Crippen LogP contribution in [-0.2, 0) is 9.47 Å². The summed E-state index contributed by atoms with van der Waals surface area (Å²) in [6.45, 7) is 0. The van der Waals surface area contributed by atoms with Crippen molar-refractivity contribution in [2.45, 2.75) is 36.3 Å². The molecule has 4 rings (SSSR count). The van der Waals surface area contributed by atoms with Gasteiger partial charge in [-0.15, -0.1) is 0 Å². The summed E-state index contributed by atoms with van der Waals surface area (Å²) in [5, 5.41) is 41.6. The predicted octanol–water partition coefficient (Wildman–Crippen LogP) is 1.15. The Bertz CT molecular complexity index is 1160. The van der Waals surface area contributed by atoms with Crippen molar-refractivity contribution in [2.24, 2.45) is 0 Å². The maximum absolute atomic E-state index is 14.1. The van der Waals surface area contributed by atoms with Gasteiger partial charge in [0.2, 0.25) is 11.6 Å². The average Bonchev–Trinajstić information content (AvgIpc) is 2.93. The Morgan fingerprint density at radius 2 is 1.03 bits per heavy atom. The van der Waals surface area contributed by atoms with Gasteiger partial charge in [0, 0.05) is 11.1 Å². The zero-order chi connectivity index (χ0) is 25.9. The van der Waals surface area contributed by atoms with Crippen LogP contribution in [0.4, 0.5) is 0 Å². The molecule has 0 saturated carbocycles. The predicted molar refractivity (Wildman–Crippen MR) is 125 cm³/mol. The van der Waals surface area contributed by atoms with Gasteiger partial charge in [-0.2, -0.15) is 0 Å². The first kappa shape index (κ1) is 25.4. The van der Waals surface area contributed by atoms with E-state index in [-0.39, 0.29) is 16.7 Å². The van der Waals surface area contributed by atoms with Crippen LogP contribution in [0.5, 0.6) is 0 Å². The number of hydrogen-bond acceptors (Lipinski definition) is 9. The van der Waals surface area contributed by atoms with Gasteiger partial charge in [0.25, 0.3) is 5.60 Å². The first-order chi connectivity index (χ1) is 17.3. The molecule has 1 heterocycles. The fourth-order valence-electron chi connectivity index (χ4n) is 4.10. The monoisotopic (exact) mass is 492 g/mol. The van der Waals surface area contributed by atoms with E-state index in [1.807, 2.05) is 0 Å². The molecule has 3 aromatic rings. The number of benzene rings is 3. The van der Waals surface area contributed by atoms with Gasteiger partial charge >= 0.3 is 5.97 Å². The number of aliphatic hydroxyl groups is 4. The van der Waals surface area contributed by atoms with Crippen molar-refractivity contribution < 1.29 is 44.3 Å². The molecule has 0 amide bonds. The third-order valence-electron chi connectivity index (χ3n) is 6.00. The maximum Gasteiger partial charge on any atom is 0.339 e. The summed E-state index contributed by atoms with van der Waals surface area (Å²) in [7, 11) is 0. The third-order valence-corrected chi connectivity index (χ3v) is 6.00. The summed E-state index contributed by atoms with van der Waals surface area (Å²) in [5.41, 5.74) is -3.02. The summed E-state index contributed by atoms with van der Waals surface area (Å²) in [6, 6.07) is 22.4. The van der Waals surface area contributed by atoms with Gasteiger partial charge in [0.05, 0.1) is 5.56 Å². The highest BCUT2D eigenvalue weighted by Crippen LogP contribution is 2.36. The fourth-order valence-corrected chi connectivity index (χ4v) is 4.10. The van der Waals surface area contributed by atoms with Gasteiger partial charge < -0.3 is 29.9 Å². The summed E-state index contributed by atoms with van der Waals surface area (Å²) < 4.78 is 11.0. The van der Waals surface area contributed by atoms with E-state index in [1.54, 1.807) is 30.3 Å². The van der Waals surface area contributed by atoms with Crippen molar-refractivity contribution in [2.75, 3.05) is 0 Å². The van der Waals surface area contributed by atoms with Crippen molar-refractivity contribution in [1.82, 2.24) is 0 Å². The largest absolute Gasteiger partial charge is 0.435 e. The van der Waals surface area contributed by atoms with Crippen LogP contribution in [-0.4, -0.2) is 74.3 Å². The fraction of sp³-hybridized carbons (Fsp3) is 0.222. The van der Waals surface area contributed by atoms with Gasteiger partial charge in [0.1, 0.15) is 24.4 Å². The number of Topliss-reactive ketones (excluding diaryl/α,β-unsaturated/α-hetero) is 2. The van der Waals surface area contributed by atoms with E-state index >= 15 is 0 Å². The Morgan fingerprint density at radius 3 is 1.47 bits per heavy atom. The molecule has 0 unspecified atom stereocenters. The zero-order valence-electron chi connectivity index (χ0n) is 18.9. The highest BCUT2D eigenvalue weighted by molar-refractivity contribution is 6.24. The van der Waals surface area contributed by atoms with Crippen LogP contribution < -0.4 is 0 Å². The summed E-state index contributed by atoms with van der Waals surface area (Å²) in [4.78, 5) is 41.4. The number of carbonyl (C=O) groups excluding carboxylic acids is 3. The zero-order valence-corrected chi connectivity index (χ0v) is 18.9. The topological polar surface area (TPSA) is 151 Å². The second-order valence-corrected chi connectivity index (χ2v) is 8.30. The quantitative estimate of drug-likeness (QED) is 0.216. The van der Waals surface area contributed by atoms with Crippen molar-refractivity contribution in [3.8, 4) is 0 Å². The van der Waals surface area contributed by atoms with Crippen LogP contribution >= 0.6 is 0 Å². The molecule has 1 aliphatic heterocycles. The molecule has 4 N–H and O–H groups in total. The lowest BCUT2D eigenvalue weighted by atomic mass is 9.76. The molecule has 5 atom stereocenters. The molecule has 1 fully saturated rings. The molecule has 0 radical (unpaired) electrons. The van der Waals surface area contributed by atoms with Crippen LogP contribution in [0.1, 0.15) is 31.1 Å². The molecule has 0 aliphatic carbocycles. The summed E-state index contributed by atoms with van der Waals surface area (Å²) >= 11 is 0. The van der Waals surface area contributed by atoms with Gasteiger partial charge in [-0.1, -0.05) is 78.9 Å². The smallest absolute Gasteiger partial charge is 0.339 e. The summed E-state index contributed by atoms with van der Waals surface area (Å²) in [6.07, 6.45) is -10.3. The Kier molecular flexibility index (Phi) is 7.39. The number of rotatable bonds is 7. The molecule has 186 valence electrons. The Morgan fingerprint density at radius 1 is 0.611 bits per heavy atom. The molecular weight excluding hydrogens is 468 g/mol. The molecule has 0 aromatic heterocycles. The van der Waals surface area contributed by atoms with Crippen molar-refractivity contribution in [3.05, 3.63) is 108 Å². The lowest BCUT2D eigenvalue weighted by Gasteiger charge is -2.45.